The van der Waals surface area contributed by atoms with Gasteiger partial charge in [-0.1, -0.05) is 243 Å². The molecule has 0 radical (unpaired) electrons. The summed E-state index contributed by atoms with van der Waals surface area (Å²) in [7, 11) is 0. The first-order valence-electron chi connectivity index (χ1n) is 28.9. The normalized spacial score (nSPS) is 11.4. The van der Waals surface area contributed by atoms with Crippen molar-refractivity contribution in [2.75, 3.05) is 0 Å². The molecule has 8 nitrogen and oxygen atoms in total. The first-order valence-corrected chi connectivity index (χ1v) is 35.4. The van der Waals surface area contributed by atoms with Gasteiger partial charge in [-0.3, -0.25) is 0 Å². The minimum Gasteiger partial charge on any atom is -0.241 e. The van der Waals surface area contributed by atoms with Crippen LogP contribution in [0.1, 0.15) is 10.6 Å². The Hall–Kier alpha value is -9.20. The summed E-state index contributed by atoms with van der Waals surface area (Å²) in [6.45, 7) is 4.26. The summed E-state index contributed by atoms with van der Waals surface area (Å²) in [5.74, 6) is 0. The van der Waals surface area contributed by atoms with Gasteiger partial charge in [0.1, 0.15) is 74.2 Å². The molecule has 0 amide bonds. The van der Waals surface area contributed by atoms with Gasteiger partial charge in [0.05, 0.1) is 45.5 Å². The van der Waals surface area contributed by atoms with Crippen molar-refractivity contribution in [2.45, 2.75) is 13.8 Å². The zero-order valence-corrected chi connectivity index (χ0v) is 54.5. The Labute approximate surface area is 551 Å². The predicted molar refractivity (Wildman–Crippen MR) is 383 cm³/mol. The van der Waals surface area contributed by atoms with Gasteiger partial charge < -0.3 is 0 Å². The summed E-state index contributed by atoms with van der Waals surface area (Å²) in [5, 5.41) is 7.12. The number of nitrogens with zero attached hydrogens (tertiary/aromatic N) is 8. The van der Waals surface area contributed by atoms with E-state index >= 15 is 0 Å². The molecule has 16 heteroatoms. The number of thiazole rings is 8. The SMILES string of the molecule is Cc1nc(-c2ccccc2)sc1-c1nc(-c2ccccc2)sc1-c1nc(-c2ccccc2)sc1-c1nc(-c2ccccc2)sc1-c1nc(-c2ccccc2)sc1-c1nc(-c2ccccc2)sc1-c1nc(-c2ccccc2)sc1-c1nc(-c2ccccc2)sc1C. The summed E-state index contributed by atoms with van der Waals surface area (Å²) >= 11 is 13.3. The molecule has 0 saturated carbocycles. The van der Waals surface area contributed by atoms with Gasteiger partial charge in [0.25, 0.3) is 0 Å². The van der Waals surface area contributed by atoms with Gasteiger partial charge in [0.2, 0.25) is 0 Å². The van der Waals surface area contributed by atoms with Crippen LogP contribution in [-0.2, 0) is 0 Å². The Bertz CT molecular complexity index is 4860. The molecule has 0 fully saturated rings. The van der Waals surface area contributed by atoms with Crippen LogP contribution in [0, 0.1) is 13.8 Å². The van der Waals surface area contributed by atoms with E-state index in [9.17, 15) is 0 Å². The zero-order valence-electron chi connectivity index (χ0n) is 47.9. The summed E-state index contributed by atoms with van der Waals surface area (Å²) in [5.41, 5.74) is 14.8. The van der Waals surface area contributed by atoms with Crippen LogP contribution in [0.15, 0.2) is 243 Å². The van der Waals surface area contributed by atoms with Crippen LogP contribution < -0.4 is 0 Å². The highest BCUT2D eigenvalue weighted by Gasteiger charge is 2.34. The highest BCUT2D eigenvalue weighted by atomic mass is 32.1. The van der Waals surface area contributed by atoms with E-state index < -0.39 is 0 Å². The van der Waals surface area contributed by atoms with Crippen LogP contribution >= 0.6 is 90.7 Å². The molecule has 0 unspecified atom stereocenters. The smallest absolute Gasteiger partial charge is 0.124 e. The predicted octanol–water partition coefficient (Wildman–Crippen LogP) is 23.0. The quantitative estimate of drug-likeness (QED) is 0.1000. The third kappa shape index (κ3) is 10.7. The third-order valence-corrected chi connectivity index (χ3v) is 23.9. The van der Waals surface area contributed by atoms with Gasteiger partial charge in [-0.15, -0.1) is 90.7 Å². The van der Waals surface area contributed by atoms with Crippen LogP contribution in [0.2, 0.25) is 0 Å². The molecular formula is C74H46N8S8. The molecule has 0 aliphatic heterocycles. The van der Waals surface area contributed by atoms with E-state index in [4.69, 9.17) is 39.9 Å². The molecule has 8 aromatic heterocycles. The third-order valence-electron chi connectivity index (χ3n) is 15.0. The van der Waals surface area contributed by atoms with Crippen LogP contribution in [0.3, 0.4) is 0 Å². The minimum atomic E-state index is 0.775. The van der Waals surface area contributed by atoms with E-state index in [1.54, 1.807) is 90.7 Å². The molecule has 90 heavy (non-hydrogen) atoms. The number of hydrogen-bond acceptors (Lipinski definition) is 16. The average molecular weight is 1300 g/mol. The van der Waals surface area contributed by atoms with E-state index in [-0.39, 0.29) is 0 Å². The molecular weight excluding hydrogens is 1260 g/mol. The highest BCUT2D eigenvalue weighted by molar-refractivity contribution is 7.25. The van der Waals surface area contributed by atoms with Crippen molar-refractivity contribution in [3.63, 3.8) is 0 Å². The Morgan fingerprint density at radius 1 is 0.178 bits per heavy atom. The van der Waals surface area contributed by atoms with E-state index in [1.165, 1.54) is 0 Å². The van der Waals surface area contributed by atoms with Crippen molar-refractivity contribution in [3.8, 4) is 159 Å². The Morgan fingerprint density at radius 2 is 0.344 bits per heavy atom. The zero-order chi connectivity index (χ0) is 60.1. The van der Waals surface area contributed by atoms with Gasteiger partial charge in [0, 0.05) is 49.4 Å². The van der Waals surface area contributed by atoms with Crippen molar-refractivity contribution < 1.29 is 0 Å². The maximum absolute atomic E-state index is 5.83. The van der Waals surface area contributed by atoms with E-state index in [0.29, 0.717) is 0 Å². The van der Waals surface area contributed by atoms with E-state index in [2.05, 4.69) is 238 Å². The number of rotatable bonds is 15. The molecule has 8 aromatic carbocycles. The maximum Gasteiger partial charge on any atom is 0.124 e. The molecule has 0 N–H and O–H groups in total. The van der Waals surface area contributed by atoms with Gasteiger partial charge in [-0.25, -0.2) is 39.9 Å². The van der Waals surface area contributed by atoms with Crippen molar-refractivity contribution in [3.05, 3.63) is 253 Å². The number of hydrogen-bond donors (Lipinski definition) is 0. The monoisotopic (exact) mass is 1300 g/mol. The summed E-state index contributed by atoms with van der Waals surface area (Å²) in [4.78, 5) is 52.8. The summed E-state index contributed by atoms with van der Waals surface area (Å²) in [6.07, 6.45) is 0. The van der Waals surface area contributed by atoms with E-state index in [0.717, 1.165) is 169 Å². The van der Waals surface area contributed by atoms with Crippen molar-refractivity contribution in [2.24, 2.45) is 0 Å². The fourth-order valence-electron chi connectivity index (χ4n) is 10.7. The van der Waals surface area contributed by atoms with Gasteiger partial charge in [-0.2, -0.15) is 0 Å². The van der Waals surface area contributed by atoms with Gasteiger partial charge in [0.15, 0.2) is 0 Å². The molecule has 0 aliphatic carbocycles. The second-order valence-electron chi connectivity index (χ2n) is 21.0. The van der Waals surface area contributed by atoms with Crippen LogP contribution in [0.25, 0.3) is 159 Å². The first-order chi connectivity index (χ1) is 44.4. The van der Waals surface area contributed by atoms with Crippen LogP contribution in [-0.4, -0.2) is 39.9 Å². The van der Waals surface area contributed by atoms with Gasteiger partial charge in [-0.05, 0) is 13.8 Å². The van der Waals surface area contributed by atoms with E-state index in [1.807, 2.05) is 18.2 Å². The van der Waals surface area contributed by atoms with Crippen molar-refractivity contribution in [1.29, 1.82) is 0 Å². The second-order valence-corrected chi connectivity index (χ2v) is 29.2. The lowest BCUT2D eigenvalue weighted by molar-refractivity contribution is 1.26. The minimum absolute atomic E-state index is 0.775. The highest BCUT2D eigenvalue weighted by Crippen LogP contribution is 2.57. The number of benzene rings is 8. The molecule has 16 aromatic rings. The fraction of sp³-hybridized carbons (Fsp3) is 0.0270. The number of aryl methyl sites for hydroxylation is 2. The molecule has 0 aliphatic rings. The lowest BCUT2D eigenvalue weighted by Crippen LogP contribution is -1.89. The molecule has 16 rings (SSSR count). The van der Waals surface area contributed by atoms with Crippen LogP contribution in [0.4, 0.5) is 0 Å². The lowest BCUT2D eigenvalue weighted by Gasteiger charge is -2.05. The molecule has 8 heterocycles. The largest absolute Gasteiger partial charge is 0.241 e. The van der Waals surface area contributed by atoms with Crippen molar-refractivity contribution in [1.82, 2.24) is 39.9 Å². The summed E-state index contributed by atoms with van der Waals surface area (Å²) < 4.78 is 0. The molecule has 430 valence electrons. The average Bonchev–Trinajstić information content (AvgIpc) is 1.93. The van der Waals surface area contributed by atoms with Gasteiger partial charge >= 0.3 is 0 Å². The summed E-state index contributed by atoms with van der Waals surface area (Å²) in [6, 6.07) is 83.7. The Kier molecular flexibility index (Phi) is 15.1. The molecule has 0 saturated heterocycles. The fourth-order valence-corrected chi connectivity index (χ4v) is 19.6. The standard InChI is InChI=1S/C74H46N8S8/c1-43-60(84-67(75-43)45-27-11-3-12-28-45)54-62(86-69(77-54)47-31-15-5-16-32-47)56-64(88-71(79-56)49-35-19-7-20-36-49)58-66(90-73(81-58)51-39-23-9-24-40-51)59-65(89-74(82-59)52-41-25-10-26-42-52)57-63(87-72(80-57)50-37-21-8-22-38-50)55-61(85-70(78-55)48-33-17-6-18-34-48)53-44(2)83-68(76-53)46-29-13-4-14-30-46/h3-42H,1-2H3. The topological polar surface area (TPSA) is 103 Å². The first kappa shape index (κ1) is 56.1. The van der Waals surface area contributed by atoms with Crippen LogP contribution in [0.5, 0.6) is 0 Å². The molecule has 0 atom stereocenters. The number of aromatic nitrogens is 8. The Balaban J connectivity index is 0.969. The molecule has 0 bridgehead atoms. The van der Waals surface area contributed by atoms with Crippen molar-refractivity contribution >= 4 is 90.7 Å². The second kappa shape index (κ2) is 24.3. The lowest BCUT2D eigenvalue weighted by atomic mass is 10.1. The maximum atomic E-state index is 5.83. The molecule has 0 spiro atoms. The Morgan fingerprint density at radius 3 is 0.578 bits per heavy atom.